The number of nitrogen functional groups attached to an aromatic ring is 1. The van der Waals surface area contributed by atoms with Gasteiger partial charge in [0.25, 0.3) is 0 Å². The minimum Gasteiger partial charge on any atom is -0.382 e. The average Bonchev–Trinajstić information content (AvgIpc) is 2.96. The molecule has 0 amide bonds. The van der Waals surface area contributed by atoms with Crippen LogP contribution < -0.4 is 5.73 Å². The Bertz CT molecular complexity index is 405. The van der Waals surface area contributed by atoms with Crippen molar-refractivity contribution in [3.05, 3.63) is 18.1 Å². The summed E-state index contributed by atoms with van der Waals surface area (Å²) < 4.78 is 0. The van der Waals surface area contributed by atoms with Crippen LogP contribution in [0.2, 0.25) is 0 Å². The minimum absolute atomic E-state index is 0.498. The zero-order valence-corrected chi connectivity index (χ0v) is 12.2. The Balaban J connectivity index is 1.42. The van der Waals surface area contributed by atoms with Crippen molar-refractivity contribution in [2.75, 3.05) is 38.5 Å². The molecule has 2 N–H and O–H groups in total. The van der Waals surface area contributed by atoms with Crippen LogP contribution in [0.4, 0.5) is 5.82 Å². The minimum atomic E-state index is 0.498. The van der Waals surface area contributed by atoms with Gasteiger partial charge in [-0.1, -0.05) is 0 Å². The number of hydrogen-bond donors (Lipinski definition) is 1. The van der Waals surface area contributed by atoms with E-state index in [0.29, 0.717) is 5.82 Å². The SMILES string of the molecule is Nc1cnc(CN2CCC(CN3CCCC3)CC2)cn1. The lowest BCUT2D eigenvalue weighted by Gasteiger charge is -2.33. The third kappa shape index (κ3) is 3.67. The number of piperidine rings is 1. The normalized spacial score (nSPS) is 22.4. The van der Waals surface area contributed by atoms with Crippen molar-refractivity contribution in [3.8, 4) is 0 Å². The van der Waals surface area contributed by atoms with Gasteiger partial charge in [-0.2, -0.15) is 0 Å². The van der Waals surface area contributed by atoms with Crippen LogP contribution >= 0.6 is 0 Å². The first-order valence-corrected chi connectivity index (χ1v) is 7.81. The molecular weight excluding hydrogens is 250 g/mol. The maximum absolute atomic E-state index is 5.56. The zero-order valence-electron chi connectivity index (χ0n) is 12.2. The van der Waals surface area contributed by atoms with Crippen LogP contribution in [0.25, 0.3) is 0 Å². The van der Waals surface area contributed by atoms with Gasteiger partial charge in [0.1, 0.15) is 5.82 Å². The fraction of sp³-hybridized carbons (Fsp3) is 0.733. The fourth-order valence-electron chi connectivity index (χ4n) is 3.33. The summed E-state index contributed by atoms with van der Waals surface area (Å²) in [7, 11) is 0. The molecule has 0 aliphatic carbocycles. The van der Waals surface area contributed by atoms with E-state index < -0.39 is 0 Å². The molecule has 5 heteroatoms. The molecular formula is C15H25N5. The molecule has 2 fully saturated rings. The summed E-state index contributed by atoms with van der Waals surface area (Å²) in [5, 5.41) is 0. The molecule has 2 aliphatic heterocycles. The number of rotatable bonds is 4. The van der Waals surface area contributed by atoms with Gasteiger partial charge in [-0.15, -0.1) is 0 Å². The van der Waals surface area contributed by atoms with Crippen LogP contribution in [0.15, 0.2) is 12.4 Å². The highest BCUT2D eigenvalue weighted by Crippen LogP contribution is 2.21. The third-order valence-corrected chi connectivity index (χ3v) is 4.53. The molecule has 2 aliphatic rings. The number of likely N-dealkylation sites (tertiary alicyclic amines) is 2. The van der Waals surface area contributed by atoms with Crippen molar-refractivity contribution in [1.29, 1.82) is 0 Å². The monoisotopic (exact) mass is 275 g/mol. The highest BCUT2D eigenvalue weighted by molar-refractivity contribution is 5.22. The molecule has 2 saturated heterocycles. The van der Waals surface area contributed by atoms with E-state index in [1.54, 1.807) is 12.4 Å². The first-order valence-electron chi connectivity index (χ1n) is 7.81. The van der Waals surface area contributed by atoms with E-state index in [0.717, 1.165) is 18.2 Å². The van der Waals surface area contributed by atoms with Crippen LogP contribution in [-0.2, 0) is 6.54 Å². The van der Waals surface area contributed by atoms with E-state index in [4.69, 9.17) is 5.73 Å². The first-order chi connectivity index (χ1) is 9.79. The van der Waals surface area contributed by atoms with Gasteiger partial charge >= 0.3 is 0 Å². The van der Waals surface area contributed by atoms with Crippen molar-refractivity contribution in [2.24, 2.45) is 5.92 Å². The number of nitrogens with two attached hydrogens (primary N) is 1. The number of aromatic nitrogens is 2. The third-order valence-electron chi connectivity index (χ3n) is 4.53. The van der Waals surface area contributed by atoms with E-state index in [9.17, 15) is 0 Å². The van der Waals surface area contributed by atoms with Crippen molar-refractivity contribution >= 4 is 5.82 Å². The lowest BCUT2D eigenvalue weighted by Crippen LogP contribution is -2.37. The second kappa shape index (κ2) is 6.50. The van der Waals surface area contributed by atoms with Crippen LogP contribution in [0.3, 0.4) is 0 Å². The molecule has 3 heterocycles. The van der Waals surface area contributed by atoms with Gasteiger partial charge in [-0.3, -0.25) is 9.88 Å². The highest BCUT2D eigenvalue weighted by Gasteiger charge is 2.22. The Morgan fingerprint density at radius 1 is 1.00 bits per heavy atom. The molecule has 1 aromatic heterocycles. The molecule has 0 saturated carbocycles. The smallest absolute Gasteiger partial charge is 0.141 e. The summed E-state index contributed by atoms with van der Waals surface area (Å²) in [5.41, 5.74) is 6.59. The predicted octanol–water partition coefficient (Wildman–Crippen LogP) is 1.37. The molecule has 0 spiro atoms. The number of hydrogen-bond acceptors (Lipinski definition) is 5. The molecule has 0 bridgehead atoms. The van der Waals surface area contributed by atoms with Gasteiger partial charge in [-0.25, -0.2) is 4.98 Å². The maximum Gasteiger partial charge on any atom is 0.141 e. The quantitative estimate of drug-likeness (QED) is 0.899. The summed E-state index contributed by atoms with van der Waals surface area (Å²) in [4.78, 5) is 13.6. The largest absolute Gasteiger partial charge is 0.382 e. The Hall–Kier alpha value is -1.20. The summed E-state index contributed by atoms with van der Waals surface area (Å²) in [6.45, 7) is 7.23. The van der Waals surface area contributed by atoms with Gasteiger partial charge in [0, 0.05) is 13.1 Å². The molecule has 20 heavy (non-hydrogen) atoms. The fourth-order valence-corrected chi connectivity index (χ4v) is 3.33. The van der Waals surface area contributed by atoms with Crippen LogP contribution in [0.5, 0.6) is 0 Å². The molecule has 3 rings (SSSR count). The Kier molecular flexibility index (Phi) is 4.47. The van der Waals surface area contributed by atoms with Gasteiger partial charge in [0.05, 0.1) is 18.1 Å². The second-order valence-electron chi connectivity index (χ2n) is 6.16. The predicted molar refractivity (Wildman–Crippen MR) is 80.1 cm³/mol. The zero-order chi connectivity index (χ0) is 13.8. The summed E-state index contributed by atoms with van der Waals surface area (Å²) in [6, 6.07) is 0. The van der Waals surface area contributed by atoms with E-state index in [1.165, 1.54) is 58.4 Å². The Labute approximate surface area is 121 Å². The summed E-state index contributed by atoms with van der Waals surface area (Å²) in [6.07, 6.45) is 8.88. The van der Waals surface area contributed by atoms with Crippen molar-refractivity contribution in [3.63, 3.8) is 0 Å². The molecule has 0 radical (unpaired) electrons. The summed E-state index contributed by atoms with van der Waals surface area (Å²) >= 11 is 0. The topological polar surface area (TPSA) is 58.3 Å². The Morgan fingerprint density at radius 2 is 1.75 bits per heavy atom. The molecule has 0 atom stereocenters. The van der Waals surface area contributed by atoms with Crippen molar-refractivity contribution < 1.29 is 0 Å². The maximum atomic E-state index is 5.56. The standard InChI is InChI=1S/C15H25N5/c16-15-10-17-14(9-18-15)12-20-7-3-13(4-8-20)11-19-5-1-2-6-19/h9-10,13H,1-8,11-12H2,(H2,16,18). The van der Waals surface area contributed by atoms with Crippen LogP contribution in [0.1, 0.15) is 31.4 Å². The van der Waals surface area contributed by atoms with E-state index in [-0.39, 0.29) is 0 Å². The lowest BCUT2D eigenvalue weighted by molar-refractivity contribution is 0.147. The molecule has 5 nitrogen and oxygen atoms in total. The highest BCUT2D eigenvalue weighted by atomic mass is 15.2. The second-order valence-corrected chi connectivity index (χ2v) is 6.16. The van der Waals surface area contributed by atoms with E-state index in [1.807, 2.05) is 0 Å². The van der Waals surface area contributed by atoms with Crippen molar-refractivity contribution in [2.45, 2.75) is 32.2 Å². The summed E-state index contributed by atoms with van der Waals surface area (Å²) in [5.74, 6) is 1.39. The van der Waals surface area contributed by atoms with Gasteiger partial charge in [0.2, 0.25) is 0 Å². The molecule has 0 unspecified atom stereocenters. The molecule has 1 aromatic rings. The van der Waals surface area contributed by atoms with Crippen LogP contribution in [-0.4, -0.2) is 52.5 Å². The number of nitrogens with zero attached hydrogens (tertiary/aromatic N) is 4. The first kappa shape index (κ1) is 13.8. The van der Waals surface area contributed by atoms with Crippen molar-refractivity contribution in [1.82, 2.24) is 19.8 Å². The lowest BCUT2D eigenvalue weighted by atomic mass is 9.96. The van der Waals surface area contributed by atoms with Gasteiger partial charge in [0.15, 0.2) is 0 Å². The van der Waals surface area contributed by atoms with Gasteiger partial charge in [-0.05, 0) is 57.8 Å². The Morgan fingerprint density at radius 3 is 2.40 bits per heavy atom. The molecule has 0 aromatic carbocycles. The molecule has 110 valence electrons. The van der Waals surface area contributed by atoms with E-state index in [2.05, 4.69) is 19.8 Å². The van der Waals surface area contributed by atoms with Gasteiger partial charge < -0.3 is 10.6 Å². The van der Waals surface area contributed by atoms with E-state index >= 15 is 0 Å². The number of anilines is 1. The van der Waals surface area contributed by atoms with Crippen LogP contribution in [0, 0.1) is 5.92 Å². The average molecular weight is 275 g/mol.